The van der Waals surface area contributed by atoms with Gasteiger partial charge in [-0.05, 0) is 36.9 Å². The molecule has 1 aliphatic rings. The number of hydrogen-bond donors (Lipinski definition) is 0. The van der Waals surface area contributed by atoms with Crippen LogP contribution in [0.5, 0.6) is 0 Å². The van der Waals surface area contributed by atoms with Crippen molar-refractivity contribution >= 4 is 42.5 Å². The lowest BCUT2D eigenvalue weighted by Crippen LogP contribution is -2.33. The van der Waals surface area contributed by atoms with Gasteiger partial charge in [-0.1, -0.05) is 6.07 Å². The molecule has 1 aliphatic heterocycles. The van der Waals surface area contributed by atoms with Crippen LogP contribution in [0.3, 0.4) is 0 Å². The first-order valence-corrected chi connectivity index (χ1v) is 12.0. The van der Waals surface area contributed by atoms with Crippen LogP contribution in [0.2, 0.25) is 0 Å². The molecule has 1 fully saturated rings. The highest BCUT2D eigenvalue weighted by molar-refractivity contribution is 7.92. The van der Waals surface area contributed by atoms with Gasteiger partial charge in [0.05, 0.1) is 11.0 Å². The zero-order valence-electron chi connectivity index (χ0n) is 12.5. The molecule has 0 amide bonds. The summed E-state index contributed by atoms with van der Waals surface area (Å²) in [4.78, 5) is 1.71. The summed E-state index contributed by atoms with van der Waals surface area (Å²) in [5.41, 5.74) is 0. The van der Waals surface area contributed by atoms with Crippen LogP contribution < -0.4 is 0 Å². The minimum atomic E-state index is -3.62. The Hall–Kier alpha value is -0.740. The number of aryl methyl sites for hydroxylation is 1. The third kappa shape index (κ3) is 3.39. The topological polar surface area (TPSA) is 71.5 Å². The van der Waals surface area contributed by atoms with E-state index in [1.54, 1.807) is 18.2 Å². The van der Waals surface area contributed by atoms with Crippen molar-refractivity contribution in [2.24, 2.45) is 0 Å². The molecular weight excluding hydrogens is 374 g/mol. The van der Waals surface area contributed by atoms with Crippen molar-refractivity contribution in [3.8, 4) is 0 Å². The third-order valence-electron chi connectivity index (χ3n) is 3.87. The molecule has 23 heavy (non-hydrogen) atoms. The van der Waals surface area contributed by atoms with Crippen LogP contribution >= 0.6 is 22.7 Å². The van der Waals surface area contributed by atoms with Crippen molar-refractivity contribution in [3.63, 3.8) is 0 Å². The van der Waals surface area contributed by atoms with E-state index < -0.39 is 25.1 Å². The van der Waals surface area contributed by atoms with Gasteiger partial charge in [0.25, 0.3) is 10.0 Å². The van der Waals surface area contributed by atoms with Gasteiger partial charge < -0.3 is 0 Å². The van der Waals surface area contributed by atoms with Crippen molar-refractivity contribution in [2.45, 2.75) is 22.8 Å². The number of hydrogen-bond acceptors (Lipinski definition) is 6. The lowest BCUT2D eigenvalue weighted by molar-refractivity contribution is 0.430. The van der Waals surface area contributed by atoms with Crippen LogP contribution in [0.4, 0.5) is 0 Å². The predicted molar refractivity (Wildman–Crippen MR) is 93.3 cm³/mol. The van der Waals surface area contributed by atoms with Gasteiger partial charge in [0.1, 0.15) is 4.21 Å². The molecule has 0 radical (unpaired) electrons. The van der Waals surface area contributed by atoms with Gasteiger partial charge in [-0.2, -0.15) is 4.31 Å². The Morgan fingerprint density at radius 2 is 2.00 bits per heavy atom. The average Bonchev–Trinajstić information content (AvgIpc) is 3.10. The summed E-state index contributed by atoms with van der Waals surface area (Å²) in [6, 6.07) is 6.98. The Labute approximate surface area is 144 Å². The number of sulfone groups is 1. The first-order chi connectivity index (χ1) is 10.8. The second-order valence-corrected chi connectivity index (χ2v) is 12.2. The van der Waals surface area contributed by atoms with Gasteiger partial charge in [0.2, 0.25) is 0 Å². The minimum absolute atomic E-state index is 0.0174. The quantitative estimate of drug-likeness (QED) is 0.806. The maximum atomic E-state index is 12.7. The van der Waals surface area contributed by atoms with E-state index >= 15 is 0 Å². The molecule has 2 aromatic heterocycles. The normalized spacial score (nSPS) is 22.7. The summed E-state index contributed by atoms with van der Waals surface area (Å²) in [6.45, 7) is 2.09. The molecule has 0 aromatic carbocycles. The number of nitrogens with zero attached hydrogens (tertiary/aromatic N) is 1. The molecule has 1 atom stereocenters. The molecule has 126 valence electrons. The van der Waals surface area contributed by atoms with Crippen molar-refractivity contribution < 1.29 is 16.8 Å². The number of sulfonamides is 1. The van der Waals surface area contributed by atoms with E-state index in [0.717, 1.165) is 9.75 Å². The van der Waals surface area contributed by atoms with E-state index in [9.17, 15) is 16.8 Å². The van der Waals surface area contributed by atoms with Crippen molar-refractivity contribution in [1.82, 2.24) is 4.31 Å². The van der Waals surface area contributed by atoms with Gasteiger partial charge in [0, 0.05) is 22.8 Å². The fraction of sp³-hybridized carbons (Fsp3) is 0.429. The summed E-state index contributed by atoms with van der Waals surface area (Å²) in [5, 5.41) is 1.24. The largest absolute Gasteiger partial charge is 0.252 e. The Balaban J connectivity index is 1.88. The molecule has 3 heterocycles. The molecule has 0 spiro atoms. The SMILES string of the molecule is Cc1ccc(S(=O)(=O)N2CCC(c3cccs3)S(=O)(=O)CC2)s1. The van der Waals surface area contributed by atoms with Gasteiger partial charge in [-0.3, -0.25) is 0 Å². The summed E-state index contributed by atoms with van der Waals surface area (Å²) < 4.78 is 52.0. The van der Waals surface area contributed by atoms with E-state index in [4.69, 9.17) is 0 Å². The predicted octanol–water partition coefficient (Wildman–Crippen LogP) is 2.67. The maximum absolute atomic E-state index is 12.7. The molecule has 0 aliphatic carbocycles. The van der Waals surface area contributed by atoms with Gasteiger partial charge >= 0.3 is 0 Å². The lowest BCUT2D eigenvalue weighted by atomic mass is 10.2. The van der Waals surface area contributed by atoms with Crippen molar-refractivity contribution in [2.75, 3.05) is 18.8 Å². The molecule has 5 nitrogen and oxygen atoms in total. The van der Waals surface area contributed by atoms with E-state index in [2.05, 4.69) is 0 Å². The minimum Gasteiger partial charge on any atom is -0.228 e. The van der Waals surface area contributed by atoms with Crippen LogP contribution in [0.15, 0.2) is 33.9 Å². The van der Waals surface area contributed by atoms with Crippen LogP contribution in [0.1, 0.15) is 21.4 Å². The zero-order valence-corrected chi connectivity index (χ0v) is 15.8. The first-order valence-electron chi connectivity index (χ1n) is 7.12. The molecule has 0 N–H and O–H groups in total. The molecule has 2 aromatic rings. The van der Waals surface area contributed by atoms with E-state index in [1.165, 1.54) is 27.0 Å². The number of rotatable bonds is 3. The molecule has 1 unspecified atom stereocenters. The van der Waals surface area contributed by atoms with E-state index in [0.29, 0.717) is 6.42 Å². The Morgan fingerprint density at radius 1 is 1.22 bits per heavy atom. The molecule has 3 rings (SSSR count). The number of thiophene rings is 2. The zero-order chi connectivity index (χ0) is 16.7. The fourth-order valence-corrected chi connectivity index (χ4v) is 8.65. The van der Waals surface area contributed by atoms with Gasteiger partial charge in [-0.25, -0.2) is 16.8 Å². The van der Waals surface area contributed by atoms with Crippen LogP contribution in [0, 0.1) is 6.92 Å². The van der Waals surface area contributed by atoms with E-state index in [1.807, 2.05) is 18.4 Å². The lowest BCUT2D eigenvalue weighted by Gasteiger charge is -2.18. The smallest absolute Gasteiger partial charge is 0.228 e. The molecule has 1 saturated heterocycles. The highest BCUT2D eigenvalue weighted by Crippen LogP contribution is 2.34. The average molecular weight is 392 g/mol. The van der Waals surface area contributed by atoms with E-state index in [-0.39, 0.29) is 23.1 Å². The summed E-state index contributed by atoms with van der Waals surface area (Å²) in [6.07, 6.45) is 0.298. The second-order valence-electron chi connectivity index (χ2n) is 5.43. The van der Waals surface area contributed by atoms with Gasteiger partial charge in [0.15, 0.2) is 9.84 Å². The van der Waals surface area contributed by atoms with Crippen LogP contribution in [-0.2, 0) is 19.9 Å². The third-order valence-corrected chi connectivity index (χ3v) is 10.5. The first kappa shape index (κ1) is 17.1. The molecular formula is C14H17NO4S4. The molecule has 9 heteroatoms. The highest BCUT2D eigenvalue weighted by Gasteiger charge is 2.36. The second kappa shape index (κ2) is 6.29. The standard InChI is InChI=1S/C14H17NO4S4/c1-11-4-5-14(21-11)23(18,19)15-7-6-13(12-3-2-9-20-12)22(16,17)10-8-15/h2-5,9,13H,6-8,10H2,1H3. The summed E-state index contributed by atoms with van der Waals surface area (Å²) >= 11 is 2.62. The van der Waals surface area contributed by atoms with Crippen molar-refractivity contribution in [3.05, 3.63) is 39.4 Å². The summed E-state index contributed by atoms with van der Waals surface area (Å²) in [7, 11) is -6.96. The Kier molecular flexibility index (Phi) is 4.67. The monoisotopic (exact) mass is 391 g/mol. The van der Waals surface area contributed by atoms with Gasteiger partial charge in [-0.15, -0.1) is 22.7 Å². The van der Waals surface area contributed by atoms with Crippen molar-refractivity contribution in [1.29, 1.82) is 0 Å². The molecule has 0 saturated carbocycles. The Morgan fingerprint density at radius 3 is 2.61 bits per heavy atom. The molecule has 0 bridgehead atoms. The van der Waals surface area contributed by atoms with Crippen LogP contribution in [-0.4, -0.2) is 40.0 Å². The maximum Gasteiger partial charge on any atom is 0.252 e. The highest BCUT2D eigenvalue weighted by atomic mass is 32.2. The van der Waals surface area contributed by atoms with Crippen LogP contribution in [0.25, 0.3) is 0 Å². The Bertz CT molecular complexity index is 881. The summed E-state index contributed by atoms with van der Waals surface area (Å²) in [5.74, 6) is -0.140. The fourth-order valence-electron chi connectivity index (χ4n) is 2.64.